The van der Waals surface area contributed by atoms with Crippen molar-refractivity contribution >= 4 is 51.4 Å². The molecule has 0 unspecified atom stereocenters. The van der Waals surface area contributed by atoms with E-state index in [-0.39, 0.29) is 11.1 Å². The number of carbonyl (C=O) groups excluding carboxylic acids is 1. The van der Waals surface area contributed by atoms with E-state index in [4.69, 9.17) is 23.2 Å². The second kappa shape index (κ2) is 7.39. The molecule has 2 heterocycles. The predicted octanol–water partition coefficient (Wildman–Crippen LogP) is 4.83. The molecular formula is C17H14Cl2N4OS. The van der Waals surface area contributed by atoms with E-state index in [0.717, 1.165) is 11.3 Å². The van der Waals surface area contributed by atoms with Crippen molar-refractivity contribution in [2.45, 2.75) is 0 Å². The van der Waals surface area contributed by atoms with E-state index in [1.165, 1.54) is 17.4 Å². The summed E-state index contributed by atoms with van der Waals surface area (Å²) in [6, 6.07) is 10.6. The Bertz CT molecular complexity index is 909. The standard InChI is InChI=1S/C17H14Cl2N4OS/c1-23(2)15-8-11(7-14(19)21-15)16(24)22-17-20-13(9-25-17)10-3-5-12(18)6-4-10/h3-9H,1-2H3,(H,20,22,24). The molecule has 0 saturated heterocycles. The highest BCUT2D eigenvalue weighted by atomic mass is 35.5. The lowest BCUT2D eigenvalue weighted by atomic mass is 10.2. The van der Waals surface area contributed by atoms with E-state index >= 15 is 0 Å². The summed E-state index contributed by atoms with van der Waals surface area (Å²) in [5, 5.41) is 6.10. The number of benzene rings is 1. The van der Waals surface area contributed by atoms with E-state index in [1.807, 2.05) is 31.6 Å². The first-order valence-electron chi connectivity index (χ1n) is 7.30. The van der Waals surface area contributed by atoms with Crippen LogP contribution < -0.4 is 10.2 Å². The summed E-state index contributed by atoms with van der Waals surface area (Å²) in [7, 11) is 3.67. The molecule has 128 valence electrons. The summed E-state index contributed by atoms with van der Waals surface area (Å²) in [4.78, 5) is 22.8. The van der Waals surface area contributed by atoms with Crippen molar-refractivity contribution in [2.75, 3.05) is 24.3 Å². The van der Waals surface area contributed by atoms with Crippen LogP contribution in [0.3, 0.4) is 0 Å². The van der Waals surface area contributed by atoms with Crippen molar-refractivity contribution in [3.63, 3.8) is 0 Å². The van der Waals surface area contributed by atoms with E-state index in [1.54, 1.807) is 23.1 Å². The van der Waals surface area contributed by atoms with Crippen LogP contribution in [0.1, 0.15) is 10.4 Å². The second-order valence-corrected chi connectivity index (χ2v) is 7.11. The lowest BCUT2D eigenvalue weighted by Crippen LogP contribution is -2.15. The Kier molecular flexibility index (Phi) is 5.22. The quantitative estimate of drug-likeness (QED) is 0.645. The highest BCUT2D eigenvalue weighted by molar-refractivity contribution is 7.14. The van der Waals surface area contributed by atoms with Crippen LogP contribution in [0.2, 0.25) is 10.2 Å². The van der Waals surface area contributed by atoms with Gasteiger partial charge in [0.15, 0.2) is 5.13 Å². The Balaban J connectivity index is 1.79. The highest BCUT2D eigenvalue weighted by Crippen LogP contribution is 2.26. The molecule has 1 N–H and O–H groups in total. The van der Waals surface area contributed by atoms with Crippen molar-refractivity contribution in [3.8, 4) is 11.3 Å². The van der Waals surface area contributed by atoms with Crippen LogP contribution in [0.4, 0.5) is 10.9 Å². The SMILES string of the molecule is CN(C)c1cc(C(=O)Nc2nc(-c3ccc(Cl)cc3)cs2)cc(Cl)n1. The molecule has 1 aromatic carbocycles. The van der Waals surface area contributed by atoms with Gasteiger partial charge in [-0.05, 0) is 24.3 Å². The van der Waals surface area contributed by atoms with Gasteiger partial charge in [-0.3, -0.25) is 10.1 Å². The molecule has 0 fully saturated rings. The molecule has 0 aliphatic heterocycles. The zero-order valence-corrected chi connectivity index (χ0v) is 15.8. The van der Waals surface area contributed by atoms with E-state index in [2.05, 4.69) is 15.3 Å². The number of nitrogens with zero attached hydrogens (tertiary/aromatic N) is 3. The molecule has 8 heteroatoms. The van der Waals surface area contributed by atoms with Gasteiger partial charge in [-0.15, -0.1) is 11.3 Å². The average molecular weight is 393 g/mol. The van der Waals surface area contributed by atoms with Gasteiger partial charge in [0, 0.05) is 35.6 Å². The minimum atomic E-state index is -0.288. The number of carbonyl (C=O) groups is 1. The van der Waals surface area contributed by atoms with Gasteiger partial charge in [0.2, 0.25) is 0 Å². The van der Waals surface area contributed by atoms with Crippen molar-refractivity contribution < 1.29 is 4.79 Å². The van der Waals surface area contributed by atoms with Crippen LogP contribution in [0, 0.1) is 0 Å². The van der Waals surface area contributed by atoms with Gasteiger partial charge < -0.3 is 4.90 Å². The van der Waals surface area contributed by atoms with E-state index in [0.29, 0.717) is 21.5 Å². The Morgan fingerprint density at radius 2 is 1.84 bits per heavy atom. The summed E-state index contributed by atoms with van der Waals surface area (Å²) < 4.78 is 0. The van der Waals surface area contributed by atoms with E-state index in [9.17, 15) is 4.79 Å². The van der Waals surface area contributed by atoms with Crippen LogP contribution in [0.25, 0.3) is 11.3 Å². The first-order valence-corrected chi connectivity index (χ1v) is 8.93. The van der Waals surface area contributed by atoms with Crippen LogP contribution in [0.5, 0.6) is 0 Å². The van der Waals surface area contributed by atoms with Crippen molar-refractivity contribution in [1.82, 2.24) is 9.97 Å². The molecule has 0 spiro atoms. The molecule has 3 aromatic rings. The Morgan fingerprint density at radius 3 is 2.52 bits per heavy atom. The fourth-order valence-electron chi connectivity index (χ4n) is 2.10. The summed E-state index contributed by atoms with van der Waals surface area (Å²) in [6.45, 7) is 0. The fourth-order valence-corrected chi connectivity index (χ4v) is 3.14. The molecule has 0 bridgehead atoms. The number of halogens is 2. The average Bonchev–Trinajstić information content (AvgIpc) is 3.03. The van der Waals surface area contributed by atoms with E-state index < -0.39 is 0 Å². The monoisotopic (exact) mass is 392 g/mol. The smallest absolute Gasteiger partial charge is 0.257 e. The summed E-state index contributed by atoms with van der Waals surface area (Å²) in [5.74, 6) is 0.322. The highest BCUT2D eigenvalue weighted by Gasteiger charge is 2.13. The largest absolute Gasteiger partial charge is 0.363 e. The molecule has 0 saturated carbocycles. The van der Waals surface area contributed by atoms with Gasteiger partial charge in [0.05, 0.1) is 5.69 Å². The lowest BCUT2D eigenvalue weighted by molar-refractivity contribution is 0.102. The number of pyridine rings is 1. The fraction of sp³-hybridized carbons (Fsp3) is 0.118. The van der Waals surface area contributed by atoms with Crippen LogP contribution in [0.15, 0.2) is 41.8 Å². The third-order valence-corrected chi connectivity index (χ3v) is 4.57. The molecular weight excluding hydrogens is 379 g/mol. The van der Waals surface area contributed by atoms with Crippen LogP contribution in [-0.4, -0.2) is 30.0 Å². The van der Waals surface area contributed by atoms with Crippen molar-refractivity contribution in [3.05, 3.63) is 57.5 Å². The minimum absolute atomic E-state index is 0.261. The van der Waals surface area contributed by atoms with Crippen molar-refractivity contribution in [2.24, 2.45) is 0 Å². The molecule has 0 atom stereocenters. The number of thiazole rings is 1. The van der Waals surface area contributed by atoms with Crippen LogP contribution >= 0.6 is 34.5 Å². The van der Waals surface area contributed by atoms with Crippen LogP contribution in [-0.2, 0) is 0 Å². The zero-order valence-electron chi connectivity index (χ0n) is 13.5. The number of amides is 1. The molecule has 0 aliphatic carbocycles. The van der Waals surface area contributed by atoms with Gasteiger partial charge in [-0.2, -0.15) is 0 Å². The first kappa shape index (κ1) is 17.7. The predicted molar refractivity (Wildman–Crippen MR) is 104 cm³/mol. The summed E-state index contributed by atoms with van der Waals surface area (Å²) >= 11 is 13.2. The molecule has 0 aliphatic rings. The molecule has 1 amide bonds. The van der Waals surface area contributed by atoms with Gasteiger partial charge in [-0.25, -0.2) is 9.97 Å². The Morgan fingerprint density at radius 1 is 1.12 bits per heavy atom. The molecule has 25 heavy (non-hydrogen) atoms. The molecule has 3 rings (SSSR count). The van der Waals surface area contributed by atoms with Gasteiger partial charge in [-0.1, -0.05) is 35.3 Å². The maximum Gasteiger partial charge on any atom is 0.257 e. The maximum absolute atomic E-state index is 12.5. The maximum atomic E-state index is 12.5. The molecule has 2 aromatic heterocycles. The number of anilines is 2. The third kappa shape index (κ3) is 4.28. The van der Waals surface area contributed by atoms with Gasteiger partial charge in [0.25, 0.3) is 5.91 Å². The topological polar surface area (TPSA) is 58.1 Å². The summed E-state index contributed by atoms with van der Waals surface area (Å²) in [5.41, 5.74) is 2.13. The summed E-state index contributed by atoms with van der Waals surface area (Å²) in [6.07, 6.45) is 0. The van der Waals surface area contributed by atoms with Gasteiger partial charge in [0.1, 0.15) is 11.0 Å². The number of hydrogen-bond donors (Lipinski definition) is 1. The normalized spacial score (nSPS) is 10.6. The third-order valence-electron chi connectivity index (χ3n) is 3.37. The zero-order chi connectivity index (χ0) is 18.0. The Labute approximate surface area is 159 Å². The second-order valence-electron chi connectivity index (χ2n) is 5.43. The molecule has 0 radical (unpaired) electrons. The Hall–Kier alpha value is -2.15. The lowest BCUT2D eigenvalue weighted by Gasteiger charge is -2.12. The number of nitrogens with one attached hydrogen (secondary N) is 1. The van der Waals surface area contributed by atoms with Crippen molar-refractivity contribution in [1.29, 1.82) is 0 Å². The number of aromatic nitrogens is 2. The number of hydrogen-bond acceptors (Lipinski definition) is 5. The minimum Gasteiger partial charge on any atom is -0.363 e. The first-order chi connectivity index (χ1) is 11.9. The molecule has 5 nitrogen and oxygen atoms in total. The van der Waals surface area contributed by atoms with Gasteiger partial charge >= 0.3 is 0 Å². The number of rotatable bonds is 4.